The number of para-hydroxylation sites is 1. The van der Waals surface area contributed by atoms with E-state index in [9.17, 15) is 14.4 Å². The number of nitrogens with one attached hydrogen (secondary N) is 2. The zero-order valence-electron chi connectivity index (χ0n) is 13.7. The minimum atomic E-state index is -1.13. The first-order chi connectivity index (χ1) is 12.0. The van der Waals surface area contributed by atoms with Crippen molar-refractivity contribution in [3.8, 4) is 6.07 Å². The number of carbonyl (C=O) groups is 3. The molecule has 1 amide bonds. The lowest BCUT2D eigenvalue weighted by Gasteiger charge is -2.10. The molecule has 0 aliphatic carbocycles. The van der Waals surface area contributed by atoms with Crippen LogP contribution < -0.4 is 10.6 Å². The molecule has 0 fully saturated rings. The van der Waals surface area contributed by atoms with Crippen molar-refractivity contribution >= 4 is 23.5 Å². The van der Waals surface area contributed by atoms with Crippen molar-refractivity contribution < 1.29 is 24.2 Å². The number of benzene rings is 1. The van der Waals surface area contributed by atoms with Gasteiger partial charge in [-0.3, -0.25) is 9.59 Å². The molecule has 0 bridgehead atoms. The normalized spacial score (nSPS) is 10.5. The number of amides is 1. The summed E-state index contributed by atoms with van der Waals surface area (Å²) < 4.78 is 5.12. The van der Waals surface area contributed by atoms with Gasteiger partial charge in [0.1, 0.15) is 18.2 Å². The maximum absolute atomic E-state index is 12.1. The molecule has 8 nitrogen and oxygen atoms in total. The monoisotopic (exact) mass is 345 g/mol. The van der Waals surface area contributed by atoms with Gasteiger partial charge >= 0.3 is 11.9 Å². The smallest absolute Gasteiger partial charge is 0.340 e. The number of carboxylic acid groups (broad SMARTS) is 1. The number of nitriles is 1. The van der Waals surface area contributed by atoms with Gasteiger partial charge in [-0.25, -0.2) is 4.79 Å². The summed E-state index contributed by atoms with van der Waals surface area (Å²) in [6.45, 7) is 1.81. The standard InChI is InChI=1S/C17H19N3O5/c1-2-3-8-25-17(24)13-6-4-5-7-14(13)20-16(23)12(9-18)10-19-11-15(21)22/h4-7,10,19H,2-3,8,11H2,1H3,(H,20,23)(H,21,22)/b12-10-. The van der Waals surface area contributed by atoms with Gasteiger partial charge in [-0.1, -0.05) is 25.5 Å². The Morgan fingerprint density at radius 1 is 1.32 bits per heavy atom. The van der Waals surface area contributed by atoms with Crippen LogP contribution in [-0.2, 0) is 14.3 Å². The van der Waals surface area contributed by atoms with Crippen LogP contribution in [0.5, 0.6) is 0 Å². The van der Waals surface area contributed by atoms with Gasteiger partial charge in [0.15, 0.2) is 0 Å². The third kappa shape index (κ3) is 6.74. The minimum absolute atomic E-state index is 0.169. The topological polar surface area (TPSA) is 129 Å². The van der Waals surface area contributed by atoms with Gasteiger partial charge in [0.05, 0.1) is 17.9 Å². The summed E-state index contributed by atoms with van der Waals surface area (Å²) in [5.41, 5.74) is 0.0477. The van der Waals surface area contributed by atoms with E-state index in [-0.39, 0.29) is 23.4 Å². The Morgan fingerprint density at radius 3 is 2.68 bits per heavy atom. The number of nitrogens with zero attached hydrogens (tertiary/aromatic N) is 1. The molecule has 132 valence electrons. The van der Waals surface area contributed by atoms with Gasteiger partial charge in [-0.15, -0.1) is 0 Å². The number of aliphatic carboxylic acids is 1. The molecule has 0 heterocycles. The van der Waals surface area contributed by atoms with Crippen LogP contribution in [0, 0.1) is 11.3 Å². The maximum atomic E-state index is 12.1. The second-order valence-corrected chi connectivity index (χ2v) is 4.93. The van der Waals surface area contributed by atoms with Crippen LogP contribution in [0.4, 0.5) is 5.69 Å². The molecule has 1 aromatic carbocycles. The number of carbonyl (C=O) groups excluding carboxylic acids is 2. The van der Waals surface area contributed by atoms with E-state index < -0.39 is 24.4 Å². The van der Waals surface area contributed by atoms with Gasteiger partial charge in [0, 0.05) is 6.20 Å². The van der Waals surface area contributed by atoms with Crippen molar-refractivity contribution in [3.05, 3.63) is 41.6 Å². The Morgan fingerprint density at radius 2 is 2.04 bits per heavy atom. The number of rotatable bonds is 9. The van der Waals surface area contributed by atoms with Crippen molar-refractivity contribution in [2.24, 2.45) is 0 Å². The lowest BCUT2D eigenvalue weighted by Crippen LogP contribution is -2.21. The molecule has 25 heavy (non-hydrogen) atoms. The van der Waals surface area contributed by atoms with E-state index in [0.29, 0.717) is 0 Å². The zero-order chi connectivity index (χ0) is 18.7. The minimum Gasteiger partial charge on any atom is -0.480 e. The number of hydrogen-bond donors (Lipinski definition) is 3. The number of unbranched alkanes of at least 4 members (excludes halogenated alkanes) is 1. The van der Waals surface area contributed by atoms with E-state index in [1.54, 1.807) is 18.2 Å². The molecule has 0 spiro atoms. The van der Waals surface area contributed by atoms with Crippen molar-refractivity contribution in [3.63, 3.8) is 0 Å². The van der Waals surface area contributed by atoms with E-state index in [1.165, 1.54) is 12.1 Å². The summed E-state index contributed by atoms with van der Waals surface area (Å²) >= 11 is 0. The van der Waals surface area contributed by atoms with E-state index in [2.05, 4.69) is 10.6 Å². The number of esters is 1. The van der Waals surface area contributed by atoms with Gasteiger partial charge in [-0.2, -0.15) is 5.26 Å². The predicted octanol–water partition coefficient (Wildman–Crippen LogP) is 1.66. The highest BCUT2D eigenvalue weighted by atomic mass is 16.5. The third-order valence-corrected chi connectivity index (χ3v) is 2.99. The third-order valence-electron chi connectivity index (χ3n) is 2.99. The van der Waals surface area contributed by atoms with Gasteiger partial charge < -0.3 is 20.5 Å². The SMILES string of the molecule is CCCCOC(=O)c1ccccc1NC(=O)/C(C#N)=C\NCC(=O)O. The lowest BCUT2D eigenvalue weighted by atomic mass is 10.1. The van der Waals surface area contributed by atoms with Crippen molar-refractivity contribution in [2.45, 2.75) is 19.8 Å². The highest BCUT2D eigenvalue weighted by Crippen LogP contribution is 2.17. The maximum Gasteiger partial charge on any atom is 0.340 e. The fraction of sp³-hybridized carbons (Fsp3) is 0.294. The summed E-state index contributed by atoms with van der Waals surface area (Å²) in [6.07, 6.45) is 2.62. The van der Waals surface area contributed by atoms with Gasteiger partial charge in [0.25, 0.3) is 5.91 Å². The Balaban J connectivity index is 2.84. The molecule has 1 aromatic rings. The molecule has 0 unspecified atom stereocenters. The van der Waals surface area contributed by atoms with Crippen LogP contribution in [0.3, 0.4) is 0 Å². The fourth-order valence-corrected chi connectivity index (χ4v) is 1.74. The molecule has 8 heteroatoms. The highest BCUT2D eigenvalue weighted by molar-refractivity contribution is 6.09. The van der Waals surface area contributed by atoms with Gasteiger partial charge in [0.2, 0.25) is 0 Å². The van der Waals surface area contributed by atoms with Crippen LogP contribution in [0.25, 0.3) is 0 Å². The predicted molar refractivity (Wildman–Crippen MR) is 89.6 cm³/mol. The molecule has 0 saturated carbocycles. The van der Waals surface area contributed by atoms with E-state index in [0.717, 1.165) is 19.0 Å². The Labute approximate surface area is 145 Å². The average Bonchev–Trinajstić information content (AvgIpc) is 2.59. The van der Waals surface area contributed by atoms with E-state index >= 15 is 0 Å². The molecule has 0 aromatic heterocycles. The fourth-order valence-electron chi connectivity index (χ4n) is 1.74. The average molecular weight is 345 g/mol. The van der Waals surface area contributed by atoms with Gasteiger partial charge in [-0.05, 0) is 18.6 Å². The summed E-state index contributed by atoms with van der Waals surface area (Å²) in [5, 5.41) is 22.3. The first kappa shape index (κ1) is 19.7. The number of hydrogen-bond acceptors (Lipinski definition) is 6. The van der Waals surface area contributed by atoms with E-state index in [1.807, 2.05) is 6.92 Å². The second kappa shape index (κ2) is 10.4. The Kier molecular flexibility index (Phi) is 8.23. The largest absolute Gasteiger partial charge is 0.480 e. The molecular formula is C17H19N3O5. The zero-order valence-corrected chi connectivity index (χ0v) is 13.7. The summed E-state index contributed by atoms with van der Waals surface area (Å²) in [6, 6.07) is 7.92. The first-order valence-electron chi connectivity index (χ1n) is 7.62. The number of ether oxygens (including phenoxy) is 1. The van der Waals surface area contributed by atoms with Crippen LogP contribution >= 0.6 is 0 Å². The van der Waals surface area contributed by atoms with Crippen molar-refractivity contribution in [1.29, 1.82) is 5.26 Å². The number of carboxylic acids is 1. The molecule has 0 atom stereocenters. The quantitative estimate of drug-likeness (QED) is 0.269. The summed E-state index contributed by atoms with van der Waals surface area (Å²) in [5.74, 6) is -2.47. The Bertz CT molecular complexity index is 706. The second-order valence-electron chi connectivity index (χ2n) is 4.93. The summed E-state index contributed by atoms with van der Waals surface area (Å²) in [4.78, 5) is 34.6. The molecule has 1 rings (SSSR count). The van der Waals surface area contributed by atoms with Crippen LogP contribution in [0.1, 0.15) is 30.1 Å². The molecular weight excluding hydrogens is 326 g/mol. The molecule has 0 aliphatic heterocycles. The molecule has 0 saturated heterocycles. The summed E-state index contributed by atoms with van der Waals surface area (Å²) in [7, 11) is 0. The Hall–Kier alpha value is -3.34. The van der Waals surface area contributed by atoms with E-state index in [4.69, 9.17) is 15.1 Å². The lowest BCUT2D eigenvalue weighted by molar-refractivity contribution is -0.135. The number of anilines is 1. The van der Waals surface area contributed by atoms with Crippen LogP contribution in [0.2, 0.25) is 0 Å². The first-order valence-corrected chi connectivity index (χ1v) is 7.62. The molecule has 0 radical (unpaired) electrons. The molecule has 3 N–H and O–H groups in total. The van der Waals surface area contributed by atoms with Crippen LogP contribution in [0.15, 0.2) is 36.0 Å². The van der Waals surface area contributed by atoms with Crippen LogP contribution in [-0.4, -0.2) is 36.1 Å². The highest BCUT2D eigenvalue weighted by Gasteiger charge is 2.16. The molecule has 0 aliphatic rings. The van der Waals surface area contributed by atoms with Crippen molar-refractivity contribution in [1.82, 2.24) is 5.32 Å². The van der Waals surface area contributed by atoms with Crippen molar-refractivity contribution in [2.75, 3.05) is 18.5 Å².